The van der Waals surface area contributed by atoms with Gasteiger partial charge in [0.15, 0.2) is 5.13 Å². The Morgan fingerprint density at radius 2 is 2.17 bits per heavy atom. The molecule has 1 N–H and O–H groups in total. The maximum atomic E-state index is 12.5. The fourth-order valence-electron chi connectivity index (χ4n) is 2.98. The van der Waals surface area contributed by atoms with Crippen molar-refractivity contribution in [3.63, 3.8) is 0 Å². The van der Waals surface area contributed by atoms with Crippen LogP contribution < -0.4 is 5.32 Å². The number of anilines is 1. The second kappa shape index (κ2) is 6.20. The minimum Gasteiger partial charge on any atom is -0.334 e. The predicted molar refractivity (Wildman–Crippen MR) is 95.0 cm³/mol. The minimum atomic E-state index is -0.0292. The third kappa shape index (κ3) is 2.97. The Morgan fingerprint density at radius 1 is 1.33 bits per heavy atom. The third-order valence-electron chi connectivity index (χ3n) is 4.39. The normalized spacial score (nSPS) is 16.6. The Bertz CT molecular complexity index is 865. The molecule has 3 aromatic rings. The number of aromatic nitrogens is 3. The quantitative estimate of drug-likeness (QED) is 0.795. The van der Waals surface area contributed by atoms with Crippen LogP contribution in [0.25, 0.3) is 11.3 Å². The Balaban J connectivity index is 1.44. The number of hydrogen-bond acceptors (Lipinski definition) is 4. The molecule has 6 heteroatoms. The van der Waals surface area contributed by atoms with Gasteiger partial charge in [-0.1, -0.05) is 29.8 Å². The molecule has 2 aromatic heterocycles. The van der Waals surface area contributed by atoms with Crippen LogP contribution in [0.1, 0.15) is 17.8 Å². The summed E-state index contributed by atoms with van der Waals surface area (Å²) in [6.07, 6.45) is 5.41. The molecule has 0 unspecified atom stereocenters. The van der Waals surface area contributed by atoms with Crippen molar-refractivity contribution in [2.24, 2.45) is 5.92 Å². The number of imidazole rings is 1. The number of carbonyl (C=O) groups excluding carboxylic acids is 1. The highest BCUT2D eigenvalue weighted by Gasteiger charge is 2.25. The molecule has 1 amide bonds. The van der Waals surface area contributed by atoms with Gasteiger partial charge in [-0.2, -0.15) is 0 Å². The lowest BCUT2D eigenvalue weighted by atomic mass is 9.99. The van der Waals surface area contributed by atoms with Crippen molar-refractivity contribution in [2.75, 3.05) is 5.32 Å². The zero-order valence-corrected chi connectivity index (χ0v) is 14.2. The van der Waals surface area contributed by atoms with Gasteiger partial charge >= 0.3 is 0 Å². The van der Waals surface area contributed by atoms with E-state index in [1.807, 2.05) is 11.6 Å². The zero-order chi connectivity index (χ0) is 16.5. The fourth-order valence-corrected chi connectivity index (χ4v) is 3.70. The van der Waals surface area contributed by atoms with E-state index in [2.05, 4.69) is 51.0 Å². The number of fused-ring (bicyclic) bond motifs is 1. The molecular formula is C18H18N4OS. The van der Waals surface area contributed by atoms with Crippen LogP contribution in [0.5, 0.6) is 0 Å². The Hall–Kier alpha value is -2.47. The van der Waals surface area contributed by atoms with E-state index in [1.165, 1.54) is 16.9 Å². The van der Waals surface area contributed by atoms with Gasteiger partial charge in [0.25, 0.3) is 0 Å². The third-order valence-corrected chi connectivity index (χ3v) is 5.15. The van der Waals surface area contributed by atoms with Crippen LogP contribution in [-0.4, -0.2) is 20.4 Å². The molecule has 1 aromatic carbocycles. The van der Waals surface area contributed by atoms with E-state index in [0.29, 0.717) is 11.7 Å². The van der Waals surface area contributed by atoms with Gasteiger partial charge in [0.1, 0.15) is 5.82 Å². The minimum absolute atomic E-state index is 0.0292. The molecular weight excluding hydrogens is 320 g/mol. The van der Waals surface area contributed by atoms with Crippen LogP contribution in [0.4, 0.5) is 5.13 Å². The number of aryl methyl sites for hydroxylation is 2. The summed E-state index contributed by atoms with van der Waals surface area (Å²) in [4.78, 5) is 21.4. The number of nitrogens with one attached hydrogen (secondary N) is 1. The van der Waals surface area contributed by atoms with Gasteiger partial charge in [-0.25, -0.2) is 9.97 Å². The average Bonchev–Trinajstić information content (AvgIpc) is 3.24. The molecule has 1 aliphatic heterocycles. The Morgan fingerprint density at radius 3 is 3.00 bits per heavy atom. The van der Waals surface area contributed by atoms with Crippen LogP contribution in [0, 0.1) is 12.8 Å². The van der Waals surface area contributed by atoms with Gasteiger partial charge in [0.05, 0.1) is 11.6 Å². The summed E-state index contributed by atoms with van der Waals surface area (Å²) in [5.74, 6) is 1.08. The zero-order valence-electron chi connectivity index (χ0n) is 13.4. The highest BCUT2D eigenvalue weighted by molar-refractivity contribution is 7.14. The number of hydrogen-bond donors (Lipinski definition) is 1. The predicted octanol–water partition coefficient (Wildman–Crippen LogP) is 3.52. The standard InChI is InChI=1S/C18H18N4OS/c1-12-2-4-13(5-3-12)15-11-24-18(20-15)21-17(23)14-6-7-16-19-8-9-22(16)10-14/h2-5,8-9,11,14H,6-7,10H2,1H3,(H,20,21,23)/t14-/m0/s1. The maximum Gasteiger partial charge on any atom is 0.231 e. The van der Waals surface area contributed by atoms with Gasteiger partial charge in [0.2, 0.25) is 5.91 Å². The molecule has 0 bridgehead atoms. The van der Waals surface area contributed by atoms with E-state index < -0.39 is 0 Å². The van der Waals surface area contributed by atoms with Gasteiger partial charge < -0.3 is 9.88 Å². The van der Waals surface area contributed by atoms with Crippen molar-refractivity contribution in [1.29, 1.82) is 0 Å². The molecule has 0 saturated heterocycles. The van der Waals surface area contributed by atoms with Crippen molar-refractivity contribution in [2.45, 2.75) is 26.3 Å². The molecule has 0 saturated carbocycles. The van der Waals surface area contributed by atoms with E-state index in [4.69, 9.17) is 0 Å². The number of benzene rings is 1. The first-order chi connectivity index (χ1) is 11.7. The van der Waals surface area contributed by atoms with E-state index >= 15 is 0 Å². The Kier molecular flexibility index (Phi) is 3.90. The molecule has 0 spiro atoms. The topological polar surface area (TPSA) is 59.8 Å². The number of nitrogens with zero attached hydrogens (tertiary/aromatic N) is 3. The van der Waals surface area contributed by atoms with Gasteiger partial charge in [-0.05, 0) is 13.3 Å². The van der Waals surface area contributed by atoms with Crippen molar-refractivity contribution in [3.05, 3.63) is 53.4 Å². The smallest absolute Gasteiger partial charge is 0.231 e. The molecule has 1 atom stereocenters. The second-order valence-corrected chi connectivity index (χ2v) is 6.98. The van der Waals surface area contributed by atoms with Gasteiger partial charge in [0, 0.05) is 36.3 Å². The monoisotopic (exact) mass is 338 g/mol. The lowest BCUT2D eigenvalue weighted by Crippen LogP contribution is -2.31. The Labute approximate surface area is 144 Å². The van der Waals surface area contributed by atoms with Crippen molar-refractivity contribution in [3.8, 4) is 11.3 Å². The first-order valence-electron chi connectivity index (χ1n) is 8.02. The van der Waals surface area contributed by atoms with Crippen LogP contribution >= 0.6 is 11.3 Å². The largest absolute Gasteiger partial charge is 0.334 e. The molecule has 4 rings (SSSR count). The first-order valence-corrected chi connectivity index (χ1v) is 8.90. The van der Waals surface area contributed by atoms with Crippen molar-refractivity contribution < 1.29 is 4.79 Å². The number of carbonyl (C=O) groups is 1. The first kappa shape index (κ1) is 15.1. The second-order valence-electron chi connectivity index (χ2n) is 6.12. The number of amides is 1. The van der Waals surface area contributed by atoms with Crippen LogP contribution in [0.15, 0.2) is 42.0 Å². The summed E-state index contributed by atoms with van der Waals surface area (Å²) < 4.78 is 2.06. The lowest BCUT2D eigenvalue weighted by molar-refractivity contribution is -0.120. The summed E-state index contributed by atoms with van der Waals surface area (Å²) in [5, 5.41) is 5.61. The summed E-state index contributed by atoms with van der Waals surface area (Å²) in [6, 6.07) is 8.24. The fraction of sp³-hybridized carbons (Fsp3) is 0.278. The lowest BCUT2D eigenvalue weighted by Gasteiger charge is -2.22. The summed E-state index contributed by atoms with van der Waals surface area (Å²) in [5.41, 5.74) is 3.19. The van der Waals surface area contributed by atoms with Gasteiger partial charge in [-0.3, -0.25) is 4.79 Å². The van der Waals surface area contributed by atoms with E-state index in [9.17, 15) is 4.79 Å². The highest BCUT2D eigenvalue weighted by Crippen LogP contribution is 2.26. The van der Waals surface area contributed by atoms with Crippen LogP contribution in [0.3, 0.4) is 0 Å². The van der Waals surface area contributed by atoms with Crippen molar-refractivity contribution >= 4 is 22.4 Å². The van der Waals surface area contributed by atoms with E-state index in [0.717, 1.165) is 29.9 Å². The molecule has 24 heavy (non-hydrogen) atoms. The SMILES string of the molecule is Cc1ccc(-c2csc(NC(=O)[C@H]3CCc4nccn4C3)n2)cc1. The molecule has 5 nitrogen and oxygen atoms in total. The highest BCUT2D eigenvalue weighted by atomic mass is 32.1. The molecule has 122 valence electrons. The molecule has 3 heterocycles. The van der Waals surface area contributed by atoms with Crippen LogP contribution in [0.2, 0.25) is 0 Å². The number of thiazole rings is 1. The van der Waals surface area contributed by atoms with E-state index in [-0.39, 0.29) is 11.8 Å². The van der Waals surface area contributed by atoms with Gasteiger partial charge in [-0.15, -0.1) is 11.3 Å². The molecule has 1 aliphatic rings. The van der Waals surface area contributed by atoms with Crippen molar-refractivity contribution in [1.82, 2.24) is 14.5 Å². The molecule has 0 aliphatic carbocycles. The summed E-state index contributed by atoms with van der Waals surface area (Å²) >= 11 is 1.47. The average molecular weight is 338 g/mol. The summed E-state index contributed by atoms with van der Waals surface area (Å²) in [7, 11) is 0. The van der Waals surface area contributed by atoms with E-state index in [1.54, 1.807) is 6.20 Å². The molecule has 0 fully saturated rings. The number of rotatable bonds is 3. The summed E-state index contributed by atoms with van der Waals surface area (Å²) in [6.45, 7) is 2.75. The molecule has 0 radical (unpaired) electrons. The van der Waals surface area contributed by atoms with Crippen LogP contribution in [-0.2, 0) is 17.8 Å². The maximum absolute atomic E-state index is 12.5.